The summed E-state index contributed by atoms with van der Waals surface area (Å²) >= 11 is 0. The zero-order valence-corrected chi connectivity index (χ0v) is 16.8. The van der Waals surface area contributed by atoms with Gasteiger partial charge in [-0.15, -0.1) is 0 Å². The van der Waals surface area contributed by atoms with Crippen molar-refractivity contribution in [2.75, 3.05) is 64.4 Å². The predicted octanol–water partition coefficient (Wildman–Crippen LogP) is 0.669. The van der Waals surface area contributed by atoms with Gasteiger partial charge in [0.2, 0.25) is 0 Å². The molecule has 2 aromatic heterocycles. The molecule has 4 rings (SSSR count). The van der Waals surface area contributed by atoms with Gasteiger partial charge >= 0.3 is 0 Å². The first kappa shape index (κ1) is 19.1. The van der Waals surface area contributed by atoms with Gasteiger partial charge in [0.15, 0.2) is 0 Å². The Bertz CT molecular complexity index is 839. The largest absolute Gasteiger partial charge is 0.365 e. The van der Waals surface area contributed by atoms with E-state index in [1.807, 2.05) is 11.4 Å². The van der Waals surface area contributed by atoms with Crippen LogP contribution in [0.15, 0.2) is 12.4 Å². The van der Waals surface area contributed by atoms with Crippen LogP contribution in [0.1, 0.15) is 18.5 Å². The predicted molar refractivity (Wildman–Crippen MR) is 108 cm³/mol. The van der Waals surface area contributed by atoms with Crippen LogP contribution < -0.4 is 4.90 Å². The number of hydrogen-bond donors (Lipinski definition) is 0. The molecule has 0 unspecified atom stereocenters. The fourth-order valence-corrected chi connectivity index (χ4v) is 3.77. The van der Waals surface area contributed by atoms with E-state index in [1.54, 1.807) is 6.33 Å². The van der Waals surface area contributed by atoms with Crippen LogP contribution in [-0.4, -0.2) is 95.0 Å². The maximum Gasteiger partial charge on any atom is 0.254 e. The van der Waals surface area contributed by atoms with Gasteiger partial charge in [0, 0.05) is 51.0 Å². The third-order valence-corrected chi connectivity index (χ3v) is 5.54. The summed E-state index contributed by atoms with van der Waals surface area (Å²) in [6.07, 6.45) is 3.83. The molecule has 8 nitrogen and oxygen atoms in total. The smallest absolute Gasteiger partial charge is 0.254 e. The molecule has 2 saturated heterocycles. The first-order chi connectivity index (χ1) is 13.7. The van der Waals surface area contributed by atoms with Crippen LogP contribution in [0.4, 0.5) is 5.82 Å². The fraction of sp³-hybridized carbons (Fsp3) is 0.650. The summed E-state index contributed by atoms with van der Waals surface area (Å²) in [6.45, 7) is 9.74. The lowest BCUT2D eigenvalue weighted by Gasteiger charge is -2.33. The standard InChI is InChI=1S/C20H29N7O/c1-17-15-19(27-20(23-17)21-16-22-27)26-8-5-18(6-9-26)28-14-4-3-7-25-12-10-24(2)11-13-25/h15-16,18H,5-14H2,1-2H3. The van der Waals surface area contributed by atoms with Crippen molar-refractivity contribution in [3.8, 4) is 11.8 Å². The second-order valence-corrected chi connectivity index (χ2v) is 7.66. The van der Waals surface area contributed by atoms with Crippen LogP contribution >= 0.6 is 0 Å². The van der Waals surface area contributed by atoms with Gasteiger partial charge in [-0.25, -0.2) is 4.98 Å². The average Bonchev–Trinajstić information content (AvgIpc) is 3.17. The number of nitrogens with zero attached hydrogens (tertiary/aromatic N) is 7. The SMILES string of the molecule is Cc1cc(N2CCC(OCC#CCN3CCN(C)CC3)CC2)n2ncnc2n1. The van der Waals surface area contributed by atoms with Gasteiger partial charge in [0.05, 0.1) is 12.6 Å². The number of fused-ring (bicyclic) bond motifs is 1. The van der Waals surface area contributed by atoms with Crippen molar-refractivity contribution in [2.24, 2.45) is 0 Å². The van der Waals surface area contributed by atoms with Crippen LogP contribution in [0.25, 0.3) is 5.78 Å². The molecule has 0 atom stereocenters. The number of rotatable bonds is 4. The van der Waals surface area contributed by atoms with Crippen molar-refractivity contribution in [3.63, 3.8) is 0 Å². The Morgan fingerprint density at radius 1 is 1.11 bits per heavy atom. The van der Waals surface area contributed by atoms with Gasteiger partial charge in [0.25, 0.3) is 5.78 Å². The molecule has 0 amide bonds. The van der Waals surface area contributed by atoms with Crippen molar-refractivity contribution < 1.29 is 4.74 Å². The van der Waals surface area contributed by atoms with Crippen molar-refractivity contribution in [2.45, 2.75) is 25.9 Å². The van der Waals surface area contributed by atoms with Crippen LogP contribution in [0.3, 0.4) is 0 Å². The van der Waals surface area contributed by atoms with E-state index in [9.17, 15) is 0 Å². The zero-order chi connectivity index (χ0) is 19.3. The first-order valence-electron chi connectivity index (χ1n) is 10.1. The maximum absolute atomic E-state index is 6.00. The van der Waals surface area contributed by atoms with E-state index in [-0.39, 0.29) is 6.10 Å². The van der Waals surface area contributed by atoms with Gasteiger partial charge in [-0.1, -0.05) is 11.8 Å². The Hall–Kier alpha value is -2.21. The lowest BCUT2D eigenvalue weighted by Crippen LogP contribution is -2.44. The van der Waals surface area contributed by atoms with Crippen molar-refractivity contribution in [1.29, 1.82) is 0 Å². The zero-order valence-electron chi connectivity index (χ0n) is 16.8. The number of likely N-dealkylation sites (N-methyl/N-ethyl adjacent to an activating group) is 1. The molecule has 28 heavy (non-hydrogen) atoms. The lowest BCUT2D eigenvalue weighted by atomic mass is 10.1. The van der Waals surface area contributed by atoms with Gasteiger partial charge in [-0.2, -0.15) is 14.6 Å². The third-order valence-electron chi connectivity index (χ3n) is 5.54. The molecule has 2 aromatic rings. The summed E-state index contributed by atoms with van der Waals surface area (Å²) in [6, 6.07) is 2.08. The highest BCUT2D eigenvalue weighted by atomic mass is 16.5. The van der Waals surface area contributed by atoms with Gasteiger partial charge < -0.3 is 14.5 Å². The Balaban J connectivity index is 1.22. The summed E-state index contributed by atoms with van der Waals surface area (Å²) in [5, 5.41) is 4.31. The fourth-order valence-electron chi connectivity index (χ4n) is 3.77. The van der Waals surface area contributed by atoms with Gasteiger partial charge in [-0.05, 0) is 26.8 Å². The molecule has 2 fully saturated rings. The van der Waals surface area contributed by atoms with E-state index in [2.05, 4.69) is 54.7 Å². The summed E-state index contributed by atoms with van der Waals surface area (Å²) in [5.74, 6) is 8.17. The molecule has 0 radical (unpaired) electrons. The topological polar surface area (TPSA) is 62.0 Å². The first-order valence-corrected chi connectivity index (χ1v) is 10.1. The minimum atomic E-state index is 0.281. The Morgan fingerprint density at radius 2 is 1.89 bits per heavy atom. The molecule has 0 spiro atoms. The lowest BCUT2D eigenvalue weighted by molar-refractivity contribution is 0.0592. The summed E-state index contributed by atoms with van der Waals surface area (Å²) in [4.78, 5) is 15.7. The van der Waals surface area contributed by atoms with Crippen molar-refractivity contribution in [3.05, 3.63) is 18.1 Å². The summed E-state index contributed by atoms with van der Waals surface area (Å²) < 4.78 is 7.81. The molecule has 2 aliphatic heterocycles. The molecule has 2 aliphatic rings. The number of anilines is 1. The molecular formula is C20H29N7O. The van der Waals surface area contributed by atoms with Crippen LogP contribution in [-0.2, 0) is 4.74 Å². The molecule has 150 valence electrons. The van der Waals surface area contributed by atoms with E-state index in [4.69, 9.17) is 4.74 Å². The Morgan fingerprint density at radius 3 is 2.68 bits per heavy atom. The Labute approximate surface area is 166 Å². The van der Waals surface area contributed by atoms with E-state index in [0.29, 0.717) is 12.4 Å². The minimum Gasteiger partial charge on any atom is -0.365 e. The number of piperazine rings is 1. The second-order valence-electron chi connectivity index (χ2n) is 7.66. The monoisotopic (exact) mass is 383 g/mol. The molecule has 4 heterocycles. The molecule has 0 saturated carbocycles. The van der Waals surface area contributed by atoms with E-state index < -0.39 is 0 Å². The van der Waals surface area contributed by atoms with Crippen molar-refractivity contribution in [1.82, 2.24) is 29.4 Å². The van der Waals surface area contributed by atoms with E-state index in [1.165, 1.54) is 0 Å². The molecule has 8 heteroatoms. The number of aryl methyl sites for hydroxylation is 1. The maximum atomic E-state index is 6.00. The highest BCUT2D eigenvalue weighted by molar-refractivity contribution is 5.47. The molecule has 0 N–H and O–H groups in total. The second kappa shape index (κ2) is 8.86. The summed E-state index contributed by atoms with van der Waals surface area (Å²) in [5.41, 5.74) is 0.962. The number of ether oxygens (including phenoxy) is 1. The van der Waals surface area contributed by atoms with Crippen LogP contribution in [0.5, 0.6) is 0 Å². The average molecular weight is 384 g/mol. The highest BCUT2D eigenvalue weighted by Gasteiger charge is 2.22. The molecular weight excluding hydrogens is 354 g/mol. The van der Waals surface area contributed by atoms with Crippen LogP contribution in [0, 0.1) is 18.8 Å². The molecule has 0 bridgehead atoms. The molecule has 0 aromatic carbocycles. The molecule has 0 aliphatic carbocycles. The summed E-state index contributed by atoms with van der Waals surface area (Å²) in [7, 11) is 2.17. The van der Waals surface area contributed by atoms with E-state index >= 15 is 0 Å². The number of hydrogen-bond acceptors (Lipinski definition) is 7. The Kier molecular flexibility index (Phi) is 6.05. The number of aromatic nitrogens is 4. The quantitative estimate of drug-likeness (QED) is 0.719. The van der Waals surface area contributed by atoms with Crippen molar-refractivity contribution >= 4 is 11.6 Å². The van der Waals surface area contributed by atoms with Gasteiger partial charge in [0.1, 0.15) is 18.8 Å². The minimum absolute atomic E-state index is 0.281. The van der Waals surface area contributed by atoms with Crippen LogP contribution in [0.2, 0.25) is 0 Å². The van der Waals surface area contributed by atoms with E-state index in [0.717, 1.165) is 70.2 Å². The van der Waals surface area contributed by atoms with Gasteiger partial charge in [-0.3, -0.25) is 4.90 Å². The third kappa shape index (κ3) is 4.61. The number of piperidine rings is 1. The highest BCUT2D eigenvalue weighted by Crippen LogP contribution is 2.22. The normalized spacial score (nSPS) is 19.7.